The van der Waals surface area contributed by atoms with Gasteiger partial charge >= 0.3 is 12.1 Å². The number of carboxylic acids is 1. The van der Waals surface area contributed by atoms with E-state index in [1.54, 1.807) is 0 Å². The van der Waals surface area contributed by atoms with E-state index in [2.05, 4.69) is 10.6 Å². The van der Waals surface area contributed by atoms with Crippen LogP contribution in [0.15, 0.2) is 48.5 Å². The van der Waals surface area contributed by atoms with Gasteiger partial charge in [0.2, 0.25) is 5.91 Å². The zero-order valence-corrected chi connectivity index (χ0v) is 18.2. The predicted molar refractivity (Wildman–Crippen MR) is 118 cm³/mol. The number of aliphatic carboxylic acids is 1. The Morgan fingerprint density at radius 2 is 1.73 bits per heavy atom. The number of hydrogen-bond acceptors (Lipinski definition) is 6. The van der Waals surface area contributed by atoms with E-state index in [1.807, 2.05) is 48.5 Å². The third-order valence-electron chi connectivity index (χ3n) is 5.95. The van der Waals surface area contributed by atoms with Crippen LogP contribution in [0.3, 0.4) is 0 Å². The van der Waals surface area contributed by atoms with E-state index in [9.17, 15) is 19.5 Å². The topological polar surface area (TPSA) is 123 Å². The maximum absolute atomic E-state index is 12.7. The minimum absolute atomic E-state index is 0.0959. The molecule has 1 aliphatic heterocycles. The van der Waals surface area contributed by atoms with Crippen LogP contribution in [-0.4, -0.2) is 68.2 Å². The summed E-state index contributed by atoms with van der Waals surface area (Å²) in [6.07, 6.45) is -1.51. The Morgan fingerprint density at radius 1 is 1.09 bits per heavy atom. The fraction of sp³-hybridized carbons (Fsp3) is 0.375. The Morgan fingerprint density at radius 3 is 2.33 bits per heavy atom. The quantitative estimate of drug-likeness (QED) is 0.557. The van der Waals surface area contributed by atoms with Crippen molar-refractivity contribution in [2.45, 2.75) is 30.5 Å². The van der Waals surface area contributed by atoms with Crippen molar-refractivity contribution in [3.05, 3.63) is 59.7 Å². The Balaban J connectivity index is 1.38. The van der Waals surface area contributed by atoms with E-state index < -0.39 is 36.2 Å². The maximum atomic E-state index is 12.7. The third kappa shape index (κ3) is 4.84. The number of amides is 2. The van der Waals surface area contributed by atoms with Crippen molar-refractivity contribution in [2.75, 3.05) is 26.9 Å². The molecular formula is C24H26N2O7. The normalized spacial score (nSPS) is 19.9. The van der Waals surface area contributed by atoms with Gasteiger partial charge in [-0.05, 0) is 28.7 Å². The number of carbonyl (C=O) groups excluding carboxylic acids is 2. The van der Waals surface area contributed by atoms with Crippen LogP contribution in [0.1, 0.15) is 23.5 Å². The van der Waals surface area contributed by atoms with E-state index in [1.165, 1.54) is 7.11 Å². The molecule has 33 heavy (non-hydrogen) atoms. The fourth-order valence-corrected chi connectivity index (χ4v) is 4.40. The Bertz CT molecular complexity index is 995. The molecule has 2 aliphatic rings. The van der Waals surface area contributed by atoms with Gasteiger partial charge in [-0.2, -0.15) is 0 Å². The number of fused-ring (bicyclic) bond motifs is 3. The van der Waals surface area contributed by atoms with Gasteiger partial charge in [-0.15, -0.1) is 0 Å². The Kier molecular flexibility index (Phi) is 6.90. The Labute approximate surface area is 191 Å². The number of carboxylic acid groups (broad SMARTS) is 1. The summed E-state index contributed by atoms with van der Waals surface area (Å²) in [5, 5.41) is 14.4. The molecule has 0 aromatic heterocycles. The zero-order chi connectivity index (χ0) is 23.4. The van der Waals surface area contributed by atoms with Gasteiger partial charge in [-0.3, -0.25) is 4.79 Å². The first-order chi connectivity index (χ1) is 16.0. The number of rotatable bonds is 8. The smallest absolute Gasteiger partial charge is 0.407 e. The van der Waals surface area contributed by atoms with E-state index >= 15 is 0 Å². The lowest BCUT2D eigenvalue weighted by molar-refractivity contribution is -0.148. The molecule has 0 bridgehead atoms. The predicted octanol–water partition coefficient (Wildman–Crippen LogP) is 1.90. The minimum atomic E-state index is -1.15. The number of methoxy groups -OCH3 is 1. The number of alkyl carbamates (subject to hydrolysis) is 1. The molecule has 3 N–H and O–H groups in total. The van der Waals surface area contributed by atoms with Crippen LogP contribution in [0.5, 0.6) is 0 Å². The SMILES string of the molecule is COC[C@H](NC(=O)OCC1c2ccccc2-c2ccccc21)C(=O)N[C@H]1CCO[C@H]1C(=O)O. The fourth-order valence-electron chi connectivity index (χ4n) is 4.40. The van der Waals surface area contributed by atoms with Crippen molar-refractivity contribution in [3.8, 4) is 11.1 Å². The summed E-state index contributed by atoms with van der Waals surface area (Å²) in [7, 11) is 1.40. The first-order valence-corrected chi connectivity index (χ1v) is 10.7. The van der Waals surface area contributed by atoms with Crippen molar-refractivity contribution in [2.24, 2.45) is 0 Å². The van der Waals surface area contributed by atoms with Gasteiger partial charge in [0, 0.05) is 19.6 Å². The highest BCUT2D eigenvalue weighted by molar-refractivity contribution is 5.87. The summed E-state index contributed by atoms with van der Waals surface area (Å²) in [4.78, 5) is 36.5. The molecule has 2 aromatic rings. The molecule has 2 aromatic carbocycles. The summed E-state index contributed by atoms with van der Waals surface area (Å²) >= 11 is 0. The number of hydrogen-bond donors (Lipinski definition) is 3. The Hall–Kier alpha value is -3.43. The van der Waals surface area contributed by atoms with Crippen LogP contribution in [0.2, 0.25) is 0 Å². The molecule has 1 aliphatic carbocycles. The second-order valence-electron chi connectivity index (χ2n) is 8.01. The van der Waals surface area contributed by atoms with E-state index in [0.717, 1.165) is 22.3 Å². The molecule has 1 fully saturated rings. The molecule has 3 atom stereocenters. The van der Waals surface area contributed by atoms with Gasteiger partial charge < -0.3 is 30.0 Å². The van der Waals surface area contributed by atoms with Crippen LogP contribution in [0, 0.1) is 0 Å². The van der Waals surface area contributed by atoms with Gasteiger partial charge in [-0.1, -0.05) is 48.5 Å². The maximum Gasteiger partial charge on any atom is 0.407 e. The average Bonchev–Trinajstić information content (AvgIpc) is 3.40. The van der Waals surface area contributed by atoms with Crippen molar-refractivity contribution >= 4 is 18.0 Å². The van der Waals surface area contributed by atoms with Crippen molar-refractivity contribution in [3.63, 3.8) is 0 Å². The van der Waals surface area contributed by atoms with Gasteiger partial charge in [0.1, 0.15) is 12.6 Å². The molecule has 0 spiro atoms. The first kappa shape index (κ1) is 22.8. The summed E-state index contributed by atoms with van der Waals surface area (Å²) in [6.45, 7) is 0.247. The molecule has 0 saturated carbocycles. The molecule has 0 radical (unpaired) electrons. The molecule has 0 unspecified atom stereocenters. The highest BCUT2D eigenvalue weighted by Gasteiger charge is 2.37. The zero-order valence-electron chi connectivity index (χ0n) is 18.2. The number of carbonyl (C=O) groups is 3. The van der Waals surface area contributed by atoms with Crippen molar-refractivity contribution in [1.29, 1.82) is 0 Å². The lowest BCUT2D eigenvalue weighted by Gasteiger charge is -2.22. The van der Waals surface area contributed by atoms with Crippen molar-refractivity contribution < 1.29 is 33.7 Å². The van der Waals surface area contributed by atoms with E-state index in [-0.39, 0.29) is 25.7 Å². The monoisotopic (exact) mass is 454 g/mol. The molecular weight excluding hydrogens is 428 g/mol. The summed E-state index contributed by atoms with van der Waals surface area (Å²) < 4.78 is 15.7. The van der Waals surface area contributed by atoms with E-state index in [0.29, 0.717) is 6.42 Å². The van der Waals surface area contributed by atoms with Crippen LogP contribution in [0.25, 0.3) is 11.1 Å². The van der Waals surface area contributed by atoms with Crippen LogP contribution in [-0.2, 0) is 23.8 Å². The molecule has 1 saturated heterocycles. The molecule has 174 valence electrons. The standard InChI is InChI=1S/C24H26N2O7/c1-31-13-20(22(27)25-19-10-11-32-21(19)23(28)29)26-24(30)33-12-18-16-8-4-2-6-14(16)15-7-3-5-9-17(15)18/h2-9,18-21H,10-13H2,1H3,(H,25,27)(H,26,30)(H,28,29)/t19-,20-,21+/m0/s1. The lowest BCUT2D eigenvalue weighted by Crippen LogP contribution is -2.54. The van der Waals surface area contributed by atoms with Crippen LogP contribution >= 0.6 is 0 Å². The van der Waals surface area contributed by atoms with E-state index in [4.69, 9.17) is 14.2 Å². The highest BCUT2D eigenvalue weighted by Crippen LogP contribution is 2.44. The van der Waals surface area contributed by atoms with Gasteiger partial charge in [0.25, 0.3) is 0 Å². The second kappa shape index (κ2) is 10.0. The minimum Gasteiger partial charge on any atom is -0.479 e. The second-order valence-corrected chi connectivity index (χ2v) is 8.01. The molecule has 1 heterocycles. The number of nitrogens with one attached hydrogen (secondary N) is 2. The number of ether oxygens (including phenoxy) is 3. The summed E-state index contributed by atoms with van der Waals surface area (Å²) in [5.74, 6) is -1.82. The van der Waals surface area contributed by atoms with Gasteiger partial charge in [-0.25, -0.2) is 9.59 Å². The lowest BCUT2D eigenvalue weighted by atomic mass is 9.98. The summed E-state index contributed by atoms with van der Waals surface area (Å²) in [5.41, 5.74) is 4.40. The van der Waals surface area contributed by atoms with Crippen LogP contribution in [0.4, 0.5) is 4.79 Å². The van der Waals surface area contributed by atoms with Gasteiger partial charge in [0.15, 0.2) is 6.10 Å². The molecule has 4 rings (SSSR count). The summed E-state index contributed by atoms with van der Waals surface area (Å²) in [6, 6.07) is 14.3. The first-order valence-electron chi connectivity index (χ1n) is 10.7. The average molecular weight is 454 g/mol. The largest absolute Gasteiger partial charge is 0.479 e. The van der Waals surface area contributed by atoms with Crippen molar-refractivity contribution in [1.82, 2.24) is 10.6 Å². The highest BCUT2D eigenvalue weighted by atomic mass is 16.5. The molecule has 9 heteroatoms. The molecule has 9 nitrogen and oxygen atoms in total. The number of benzene rings is 2. The van der Waals surface area contributed by atoms with Gasteiger partial charge in [0.05, 0.1) is 12.6 Å². The molecule has 2 amide bonds. The van der Waals surface area contributed by atoms with Crippen LogP contribution < -0.4 is 10.6 Å². The third-order valence-corrected chi connectivity index (χ3v) is 5.95.